The van der Waals surface area contributed by atoms with Gasteiger partial charge < -0.3 is 9.72 Å². The van der Waals surface area contributed by atoms with Crippen LogP contribution in [-0.2, 0) is 11.2 Å². The van der Waals surface area contributed by atoms with Gasteiger partial charge in [0.05, 0.1) is 12.7 Å². The van der Waals surface area contributed by atoms with Gasteiger partial charge >= 0.3 is 5.97 Å². The van der Waals surface area contributed by atoms with Crippen LogP contribution in [0.2, 0.25) is 0 Å². The Morgan fingerprint density at radius 2 is 2.12 bits per heavy atom. The zero-order valence-electron chi connectivity index (χ0n) is 10.5. The molecule has 2 atom stereocenters. The van der Waals surface area contributed by atoms with Crippen molar-refractivity contribution in [2.24, 2.45) is 5.92 Å². The molecule has 0 aliphatic heterocycles. The van der Waals surface area contributed by atoms with Crippen molar-refractivity contribution in [3.05, 3.63) is 22.5 Å². The molecule has 1 fully saturated rings. The van der Waals surface area contributed by atoms with E-state index in [-0.39, 0.29) is 5.97 Å². The fraction of sp³-hybridized carbons (Fsp3) is 0.643. The van der Waals surface area contributed by atoms with Gasteiger partial charge in [-0.1, -0.05) is 12.8 Å². The second-order valence-electron chi connectivity index (χ2n) is 5.36. The van der Waals surface area contributed by atoms with Crippen LogP contribution in [0.25, 0.3) is 0 Å². The minimum atomic E-state index is -0.175. The lowest BCUT2D eigenvalue weighted by molar-refractivity contribution is 0.0598. The second kappa shape index (κ2) is 3.90. The molecule has 3 heteroatoms. The highest BCUT2D eigenvalue weighted by Gasteiger charge is 2.39. The van der Waals surface area contributed by atoms with Crippen molar-refractivity contribution in [2.45, 2.75) is 44.9 Å². The zero-order chi connectivity index (χ0) is 12.0. The molecule has 2 aliphatic carbocycles. The fourth-order valence-corrected chi connectivity index (χ4v) is 3.74. The maximum atomic E-state index is 11.9. The molecule has 2 aliphatic rings. The molecule has 0 radical (unpaired) electrons. The SMILES string of the molecule is COC(=O)c1c(C)[nH]c2c1C1CCCCC1C2. The van der Waals surface area contributed by atoms with Crippen molar-refractivity contribution >= 4 is 5.97 Å². The van der Waals surface area contributed by atoms with E-state index in [1.54, 1.807) is 0 Å². The summed E-state index contributed by atoms with van der Waals surface area (Å²) >= 11 is 0. The van der Waals surface area contributed by atoms with Gasteiger partial charge in [0.25, 0.3) is 0 Å². The molecule has 3 nitrogen and oxygen atoms in total. The minimum Gasteiger partial charge on any atom is -0.465 e. The van der Waals surface area contributed by atoms with Crippen LogP contribution in [0.5, 0.6) is 0 Å². The number of ether oxygens (including phenoxy) is 1. The Morgan fingerprint density at radius 3 is 2.88 bits per heavy atom. The first-order chi connectivity index (χ1) is 8.22. The van der Waals surface area contributed by atoms with Crippen LogP contribution in [0.15, 0.2) is 0 Å². The van der Waals surface area contributed by atoms with E-state index < -0.39 is 0 Å². The van der Waals surface area contributed by atoms with Gasteiger partial charge in [-0.15, -0.1) is 0 Å². The van der Waals surface area contributed by atoms with Crippen molar-refractivity contribution < 1.29 is 9.53 Å². The number of hydrogen-bond acceptors (Lipinski definition) is 2. The first-order valence-electron chi connectivity index (χ1n) is 6.52. The Bertz CT molecular complexity index is 461. The summed E-state index contributed by atoms with van der Waals surface area (Å²) in [5.74, 6) is 1.18. The minimum absolute atomic E-state index is 0.175. The van der Waals surface area contributed by atoms with E-state index in [2.05, 4.69) is 4.98 Å². The summed E-state index contributed by atoms with van der Waals surface area (Å²) in [6.07, 6.45) is 6.31. The van der Waals surface area contributed by atoms with Crippen LogP contribution in [0.3, 0.4) is 0 Å². The summed E-state index contributed by atoms with van der Waals surface area (Å²) in [6, 6.07) is 0. The van der Waals surface area contributed by atoms with Gasteiger partial charge in [0.15, 0.2) is 0 Å². The van der Waals surface area contributed by atoms with E-state index in [9.17, 15) is 4.79 Å². The molecule has 2 unspecified atom stereocenters. The number of aryl methyl sites for hydroxylation is 1. The normalized spacial score (nSPS) is 26.5. The summed E-state index contributed by atoms with van der Waals surface area (Å²) in [5, 5.41) is 0. The molecule has 0 amide bonds. The number of esters is 1. The Balaban J connectivity index is 2.06. The molecule has 0 saturated heterocycles. The molecule has 92 valence electrons. The largest absolute Gasteiger partial charge is 0.465 e. The van der Waals surface area contributed by atoms with E-state index in [1.165, 1.54) is 44.1 Å². The van der Waals surface area contributed by atoms with E-state index in [0.29, 0.717) is 5.92 Å². The maximum absolute atomic E-state index is 11.9. The van der Waals surface area contributed by atoms with Crippen LogP contribution in [0.1, 0.15) is 58.9 Å². The summed E-state index contributed by atoms with van der Waals surface area (Å²) in [7, 11) is 1.47. The number of nitrogens with one attached hydrogen (secondary N) is 1. The van der Waals surface area contributed by atoms with Crippen LogP contribution >= 0.6 is 0 Å². The number of H-pyrrole nitrogens is 1. The number of fused-ring (bicyclic) bond motifs is 3. The van der Waals surface area contributed by atoms with Crippen molar-refractivity contribution in [3.63, 3.8) is 0 Å². The first kappa shape index (κ1) is 10.9. The molecule has 1 aromatic heterocycles. The highest BCUT2D eigenvalue weighted by molar-refractivity contribution is 5.93. The van der Waals surface area contributed by atoms with Crippen LogP contribution in [-0.4, -0.2) is 18.1 Å². The summed E-state index contributed by atoms with van der Waals surface area (Å²) in [4.78, 5) is 15.3. The first-order valence-corrected chi connectivity index (χ1v) is 6.52. The van der Waals surface area contributed by atoms with E-state index in [0.717, 1.165) is 23.6 Å². The van der Waals surface area contributed by atoms with Gasteiger partial charge in [0.1, 0.15) is 0 Å². The number of methoxy groups -OCH3 is 1. The Hall–Kier alpha value is -1.25. The molecule has 0 bridgehead atoms. The Kier molecular flexibility index (Phi) is 2.49. The Morgan fingerprint density at radius 1 is 1.35 bits per heavy atom. The fourth-order valence-electron chi connectivity index (χ4n) is 3.74. The van der Waals surface area contributed by atoms with Crippen LogP contribution < -0.4 is 0 Å². The van der Waals surface area contributed by atoms with Gasteiger partial charge in [-0.25, -0.2) is 4.79 Å². The molecule has 0 spiro atoms. The number of carbonyl (C=O) groups is 1. The number of aromatic amines is 1. The summed E-state index contributed by atoms with van der Waals surface area (Å²) in [6.45, 7) is 1.97. The summed E-state index contributed by atoms with van der Waals surface area (Å²) < 4.78 is 4.92. The number of hydrogen-bond donors (Lipinski definition) is 1. The third-order valence-corrected chi connectivity index (χ3v) is 4.44. The number of carbonyl (C=O) groups excluding carboxylic acids is 1. The topological polar surface area (TPSA) is 42.1 Å². The lowest BCUT2D eigenvalue weighted by Crippen LogP contribution is -2.16. The van der Waals surface area contributed by atoms with Crippen LogP contribution in [0, 0.1) is 12.8 Å². The lowest BCUT2D eigenvalue weighted by Gasteiger charge is -2.26. The third kappa shape index (κ3) is 1.52. The molecule has 1 saturated carbocycles. The predicted octanol–water partition coefficient (Wildman–Crippen LogP) is 2.94. The molecule has 3 rings (SSSR count). The molecule has 17 heavy (non-hydrogen) atoms. The van der Waals surface area contributed by atoms with Crippen molar-refractivity contribution in [1.29, 1.82) is 0 Å². The maximum Gasteiger partial charge on any atom is 0.339 e. The molecule has 1 N–H and O–H groups in total. The average molecular weight is 233 g/mol. The van der Waals surface area contributed by atoms with Crippen molar-refractivity contribution in [2.75, 3.05) is 7.11 Å². The van der Waals surface area contributed by atoms with Crippen LogP contribution in [0.4, 0.5) is 0 Å². The number of rotatable bonds is 1. The van der Waals surface area contributed by atoms with E-state index in [1.807, 2.05) is 6.92 Å². The standard InChI is InChI=1S/C14H19NO2/c1-8-12(14(16)17-2)13-10-6-4-3-5-9(10)7-11(13)15-8/h9-10,15H,3-7H2,1-2H3. The van der Waals surface area contributed by atoms with Gasteiger partial charge in [0, 0.05) is 11.4 Å². The van der Waals surface area contributed by atoms with Crippen molar-refractivity contribution in [1.82, 2.24) is 4.98 Å². The molecule has 0 aromatic carbocycles. The van der Waals surface area contributed by atoms with Gasteiger partial charge in [-0.2, -0.15) is 0 Å². The van der Waals surface area contributed by atoms with Gasteiger partial charge in [0.2, 0.25) is 0 Å². The third-order valence-electron chi connectivity index (χ3n) is 4.44. The predicted molar refractivity (Wildman–Crippen MR) is 65.3 cm³/mol. The lowest BCUT2D eigenvalue weighted by atomic mass is 9.79. The van der Waals surface area contributed by atoms with Gasteiger partial charge in [-0.05, 0) is 43.6 Å². The quantitative estimate of drug-likeness (QED) is 0.758. The van der Waals surface area contributed by atoms with Crippen molar-refractivity contribution in [3.8, 4) is 0 Å². The Labute approximate surface area is 102 Å². The summed E-state index contributed by atoms with van der Waals surface area (Å²) in [5.41, 5.74) is 4.36. The number of aromatic nitrogens is 1. The zero-order valence-corrected chi connectivity index (χ0v) is 10.5. The molecule has 1 aromatic rings. The molecule has 1 heterocycles. The smallest absolute Gasteiger partial charge is 0.339 e. The highest BCUT2D eigenvalue weighted by atomic mass is 16.5. The average Bonchev–Trinajstić information content (AvgIpc) is 2.82. The molecular weight excluding hydrogens is 214 g/mol. The van der Waals surface area contributed by atoms with E-state index >= 15 is 0 Å². The second-order valence-corrected chi connectivity index (χ2v) is 5.36. The highest BCUT2D eigenvalue weighted by Crippen LogP contribution is 2.48. The monoisotopic (exact) mass is 233 g/mol. The van der Waals surface area contributed by atoms with Gasteiger partial charge in [-0.3, -0.25) is 0 Å². The molecular formula is C14H19NO2. The van der Waals surface area contributed by atoms with E-state index in [4.69, 9.17) is 4.74 Å².